The van der Waals surface area contributed by atoms with Gasteiger partial charge in [-0.05, 0) is 36.2 Å². The molecule has 0 radical (unpaired) electrons. The standard InChI is InChI=1S/C20H23N3O3/c1-4-7-19(24)23-16-9-6-5-8-15(16)22-20(23)21-13-14-10-11-17(25-2)18(12-14)26-3/h5-6,8-12H,4,7,13H2,1-3H3,(H,21,22). The van der Waals surface area contributed by atoms with Crippen LogP contribution in [0.4, 0.5) is 5.95 Å². The first kappa shape index (κ1) is 17.8. The van der Waals surface area contributed by atoms with Crippen LogP contribution in [-0.2, 0) is 6.54 Å². The zero-order chi connectivity index (χ0) is 18.5. The molecule has 0 fully saturated rings. The molecule has 1 aromatic heterocycles. The van der Waals surface area contributed by atoms with Crippen LogP contribution in [0.25, 0.3) is 11.0 Å². The Morgan fingerprint density at radius 3 is 2.62 bits per heavy atom. The monoisotopic (exact) mass is 353 g/mol. The second-order valence-corrected chi connectivity index (χ2v) is 5.95. The average molecular weight is 353 g/mol. The topological polar surface area (TPSA) is 65.4 Å². The predicted molar refractivity (Wildman–Crippen MR) is 102 cm³/mol. The summed E-state index contributed by atoms with van der Waals surface area (Å²) in [5, 5.41) is 3.28. The highest BCUT2D eigenvalue weighted by molar-refractivity contribution is 5.93. The van der Waals surface area contributed by atoms with Gasteiger partial charge in [0.2, 0.25) is 11.9 Å². The lowest BCUT2D eigenvalue weighted by Crippen LogP contribution is -2.14. The Morgan fingerprint density at radius 1 is 1.12 bits per heavy atom. The molecule has 0 spiro atoms. The first-order valence-corrected chi connectivity index (χ1v) is 8.63. The molecule has 6 heteroatoms. The zero-order valence-electron chi connectivity index (χ0n) is 15.3. The van der Waals surface area contributed by atoms with Crippen LogP contribution in [-0.4, -0.2) is 29.7 Å². The minimum Gasteiger partial charge on any atom is -0.493 e. The number of anilines is 1. The number of nitrogens with one attached hydrogen (secondary N) is 1. The maximum absolute atomic E-state index is 12.6. The predicted octanol–water partition coefficient (Wildman–Crippen LogP) is 4.11. The van der Waals surface area contributed by atoms with Gasteiger partial charge in [0.15, 0.2) is 11.5 Å². The number of hydrogen-bond acceptors (Lipinski definition) is 5. The molecule has 1 heterocycles. The van der Waals surface area contributed by atoms with Crippen molar-refractivity contribution in [2.75, 3.05) is 19.5 Å². The minimum absolute atomic E-state index is 0.0380. The van der Waals surface area contributed by atoms with Crippen LogP contribution in [0.2, 0.25) is 0 Å². The normalized spacial score (nSPS) is 10.7. The van der Waals surface area contributed by atoms with Gasteiger partial charge in [0.1, 0.15) is 0 Å². The van der Waals surface area contributed by atoms with Gasteiger partial charge in [0.25, 0.3) is 0 Å². The van der Waals surface area contributed by atoms with E-state index >= 15 is 0 Å². The molecular weight excluding hydrogens is 330 g/mol. The number of aromatic nitrogens is 2. The summed E-state index contributed by atoms with van der Waals surface area (Å²) >= 11 is 0. The molecule has 136 valence electrons. The molecule has 0 unspecified atom stereocenters. The van der Waals surface area contributed by atoms with Crippen LogP contribution >= 0.6 is 0 Å². The maximum Gasteiger partial charge on any atom is 0.233 e. The van der Waals surface area contributed by atoms with Crippen molar-refractivity contribution in [1.82, 2.24) is 9.55 Å². The van der Waals surface area contributed by atoms with Crippen LogP contribution in [0.1, 0.15) is 30.1 Å². The van der Waals surface area contributed by atoms with Gasteiger partial charge in [-0.1, -0.05) is 25.1 Å². The molecule has 2 aromatic carbocycles. The largest absolute Gasteiger partial charge is 0.493 e. The summed E-state index contributed by atoms with van der Waals surface area (Å²) in [6.45, 7) is 2.51. The smallest absolute Gasteiger partial charge is 0.233 e. The number of ether oxygens (including phenoxy) is 2. The van der Waals surface area contributed by atoms with Crippen molar-refractivity contribution in [1.29, 1.82) is 0 Å². The number of nitrogens with zero attached hydrogens (tertiary/aromatic N) is 2. The van der Waals surface area contributed by atoms with Crippen molar-refractivity contribution in [3.63, 3.8) is 0 Å². The molecule has 3 rings (SSSR count). The number of hydrogen-bond donors (Lipinski definition) is 1. The van der Waals surface area contributed by atoms with Crippen molar-refractivity contribution < 1.29 is 14.3 Å². The Kier molecular flexibility index (Phi) is 5.41. The molecule has 0 amide bonds. The van der Waals surface area contributed by atoms with E-state index in [9.17, 15) is 4.79 Å². The summed E-state index contributed by atoms with van der Waals surface area (Å²) in [5.41, 5.74) is 2.62. The number of methoxy groups -OCH3 is 2. The third-order valence-electron chi connectivity index (χ3n) is 4.17. The number of imidazole rings is 1. The van der Waals surface area contributed by atoms with E-state index in [0.29, 0.717) is 30.4 Å². The molecule has 0 saturated heterocycles. The quantitative estimate of drug-likeness (QED) is 0.692. The number of rotatable bonds is 7. The van der Waals surface area contributed by atoms with Crippen molar-refractivity contribution in [3.8, 4) is 11.5 Å². The highest BCUT2D eigenvalue weighted by Crippen LogP contribution is 2.28. The number of benzene rings is 2. The molecule has 6 nitrogen and oxygen atoms in total. The fourth-order valence-electron chi connectivity index (χ4n) is 2.89. The van der Waals surface area contributed by atoms with E-state index in [-0.39, 0.29) is 5.91 Å². The third kappa shape index (κ3) is 3.49. The molecule has 0 bridgehead atoms. The van der Waals surface area contributed by atoms with Gasteiger partial charge in [-0.25, -0.2) is 9.55 Å². The second kappa shape index (κ2) is 7.91. The van der Waals surface area contributed by atoms with Crippen molar-refractivity contribution in [2.45, 2.75) is 26.3 Å². The maximum atomic E-state index is 12.6. The molecule has 0 atom stereocenters. The minimum atomic E-state index is 0.0380. The summed E-state index contributed by atoms with van der Waals surface area (Å²) < 4.78 is 12.3. The van der Waals surface area contributed by atoms with Gasteiger partial charge in [0, 0.05) is 13.0 Å². The van der Waals surface area contributed by atoms with E-state index in [1.165, 1.54) is 0 Å². The summed E-state index contributed by atoms with van der Waals surface area (Å²) in [6, 6.07) is 13.4. The van der Waals surface area contributed by atoms with Gasteiger partial charge in [-0.15, -0.1) is 0 Å². The van der Waals surface area contributed by atoms with Crippen LogP contribution in [0.5, 0.6) is 11.5 Å². The molecular formula is C20H23N3O3. The molecule has 0 aliphatic carbocycles. The zero-order valence-corrected chi connectivity index (χ0v) is 15.3. The highest BCUT2D eigenvalue weighted by Gasteiger charge is 2.16. The first-order valence-electron chi connectivity index (χ1n) is 8.63. The lowest BCUT2D eigenvalue weighted by atomic mass is 10.2. The fraction of sp³-hybridized carbons (Fsp3) is 0.300. The lowest BCUT2D eigenvalue weighted by Gasteiger charge is -2.12. The summed E-state index contributed by atoms with van der Waals surface area (Å²) in [6.07, 6.45) is 1.27. The molecule has 3 aromatic rings. The first-order chi connectivity index (χ1) is 12.7. The summed E-state index contributed by atoms with van der Waals surface area (Å²) in [5.74, 6) is 1.94. The molecule has 1 N–H and O–H groups in total. The Bertz CT molecular complexity index is 918. The van der Waals surface area contributed by atoms with E-state index < -0.39 is 0 Å². The van der Waals surface area contributed by atoms with Gasteiger partial charge in [0.05, 0.1) is 25.3 Å². The van der Waals surface area contributed by atoms with Crippen LogP contribution < -0.4 is 14.8 Å². The fourth-order valence-corrected chi connectivity index (χ4v) is 2.89. The van der Waals surface area contributed by atoms with Gasteiger partial charge < -0.3 is 14.8 Å². The van der Waals surface area contributed by atoms with Gasteiger partial charge >= 0.3 is 0 Å². The number of carbonyl (C=O) groups excluding carboxylic acids is 1. The highest BCUT2D eigenvalue weighted by atomic mass is 16.5. The van der Waals surface area contributed by atoms with Crippen LogP contribution in [0.15, 0.2) is 42.5 Å². The second-order valence-electron chi connectivity index (χ2n) is 5.95. The number of carbonyl (C=O) groups is 1. The van der Waals surface area contributed by atoms with Crippen LogP contribution in [0.3, 0.4) is 0 Å². The lowest BCUT2D eigenvalue weighted by molar-refractivity contribution is 0.0909. The van der Waals surface area contributed by atoms with E-state index in [1.807, 2.05) is 49.4 Å². The molecule has 26 heavy (non-hydrogen) atoms. The van der Waals surface area contributed by atoms with E-state index in [4.69, 9.17) is 9.47 Å². The Morgan fingerprint density at radius 2 is 1.88 bits per heavy atom. The SMILES string of the molecule is CCCC(=O)n1c(NCc2ccc(OC)c(OC)c2)nc2ccccc21. The van der Waals surface area contributed by atoms with Gasteiger partial charge in [-0.3, -0.25) is 4.79 Å². The Labute approximate surface area is 152 Å². The Balaban J connectivity index is 1.89. The molecule has 0 saturated carbocycles. The summed E-state index contributed by atoms with van der Waals surface area (Å²) in [4.78, 5) is 17.2. The number of para-hydroxylation sites is 2. The molecule has 0 aliphatic heterocycles. The third-order valence-corrected chi connectivity index (χ3v) is 4.17. The average Bonchev–Trinajstić information content (AvgIpc) is 3.04. The van der Waals surface area contributed by atoms with Crippen molar-refractivity contribution in [3.05, 3.63) is 48.0 Å². The Hall–Kier alpha value is -3.02. The van der Waals surface area contributed by atoms with Crippen molar-refractivity contribution in [2.24, 2.45) is 0 Å². The van der Waals surface area contributed by atoms with E-state index in [1.54, 1.807) is 18.8 Å². The van der Waals surface area contributed by atoms with Crippen LogP contribution in [0, 0.1) is 0 Å². The summed E-state index contributed by atoms with van der Waals surface area (Å²) in [7, 11) is 3.22. The van der Waals surface area contributed by atoms with E-state index in [0.717, 1.165) is 23.0 Å². The van der Waals surface area contributed by atoms with Crippen molar-refractivity contribution >= 4 is 22.9 Å². The molecule has 0 aliphatic rings. The van der Waals surface area contributed by atoms with E-state index in [2.05, 4.69) is 10.3 Å². The number of fused-ring (bicyclic) bond motifs is 1. The van der Waals surface area contributed by atoms with Gasteiger partial charge in [-0.2, -0.15) is 0 Å².